The first-order valence-corrected chi connectivity index (χ1v) is 9.23. The highest BCUT2D eigenvalue weighted by atomic mass is 15.2. The molecule has 134 valence electrons. The fraction of sp³-hybridized carbons (Fsp3) is 0.684. The monoisotopic (exact) mass is 331 g/mol. The van der Waals surface area contributed by atoms with Crippen molar-refractivity contribution in [1.82, 2.24) is 15.6 Å². The summed E-state index contributed by atoms with van der Waals surface area (Å²) in [5, 5.41) is 6.95. The molecule has 0 aliphatic heterocycles. The van der Waals surface area contributed by atoms with Crippen molar-refractivity contribution in [3.8, 4) is 0 Å². The molecule has 2 N–H and O–H groups in total. The summed E-state index contributed by atoms with van der Waals surface area (Å²) in [4.78, 5) is 11.3. The Kier molecular flexibility index (Phi) is 6.88. The summed E-state index contributed by atoms with van der Waals surface area (Å²) >= 11 is 0. The van der Waals surface area contributed by atoms with Crippen LogP contribution in [0.1, 0.15) is 51.5 Å². The van der Waals surface area contributed by atoms with E-state index in [9.17, 15) is 0 Å². The van der Waals surface area contributed by atoms with E-state index in [0.717, 1.165) is 30.4 Å². The van der Waals surface area contributed by atoms with E-state index in [1.807, 2.05) is 31.3 Å². The van der Waals surface area contributed by atoms with Crippen LogP contribution in [0.15, 0.2) is 23.3 Å². The predicted octanol–water partition coefficient (Wildman–Crippen LogP) is 3.17. The maximum Gasteiger partial charge on any atom is 0.191 e. The SMILES string of the molecule is CCNC(=NCc1cccnc1N(C)C)NCC1(CC)CCCC1. The van der Waals surface area contributed by atoms with E-state index in [0.29, 0.717) is 12.0 Å². The van der Waals surface area contributed by atoms with Crippen LogP contribution in [0.5, 0.6) is 0 Å². The smallest absolute Gasteiger partial charge is 0.191 e. The van der Waals surface area contributed by atoms with Crippen LogP contribution >= 0.6 is 0 Å². The number of nitrogens with one attached hydrogen (secondary N) is 2. The molecule has 2 rings (SSSR count). The van der Waals surface area contributed by atoms with Gasteiger partial charge in [0.05, 0.1) is 6.54 Å². The van der Waals surface area contributed by atoms with Crippen molar-refractivity contribution in [1.29, 1.82) is 0 Å². The van der Waals surface area contributed by atoms with Gasteiger partial charge in [-0.15, -0.1) is 0 Å². The lowest BCUT2D eigenvalue weighted by Gasteiger charge is -2.28. The minimum Gasteiger partial charge on any atom is -0.362 e. The quantitative estimate of drug-likeness (QED) is 0.595. The number of pyridine rings is 1. The molecule has 1 aromatic rings. The zero-order valence-corrected chi connectivity index (χ0v) is 15.7. The molecule has 5 nitrogen and oxygen atoms in total. The van der Waals surface area contributed by atoms with E-state index >= 15 is 0 Å². The molecule has 5 heteroatoms. The molecule has 0 amide bonds. The third-order valence-electron chi connectivity index (χ3n) is 5.09. The van der Waals surface area contributed by atoms with E-state index in [2.05, 4.69) is 35.5 Å². The first-order valence-electron chi connectivity index (χ1n) is 9.23. The van der Waals surface area contributed by atoms with E-state index in [-0.39, 0.29) is 0 Å². The molecule has 1 fully saturated rings. The highest BCUT2D eigenvalue weighted by Crippen LogP contribution is 2.40. The molecule has 1 saturated carbocycles. The van der Waals surface area contributed by atoms with E-state index in [1.54, 1.807) is 0 Å². The maximum absolute atomic E-state index is 4.78. The largest absolute Gasteiger partial charge is 0.362 e. The summed E-state index contributed by atoms with van der Waals surface area (Å²) < 4.78 is 0. The molecule has 0 spiro atoms. The Morgan fingerprint density at radius 1 is 1.25 bits per heavy atom. The van der Waals surface area contributed by atoms with Crippen molar-refractivity contribution in [2.24, 2.45) is 10.4 Å². The van der Waals surface area contributed by atoms with Crippen LogP contribution in [0.2, 0.25) is 0 Å². The Balaban J connectivity index is 2.03. The number of nitrogens with zero attached hydrogens (tertiary/aromatic N) is 3. The number of guanidine groups is 1. The lowest BCUT2D eigenvalue weighted by molar-refractivity contribution is 0.283. The molecular weight excluding hydrogens is 298 g/mol. The third kappa shape index (κ3) is 4.86. The number of hydrogen-bond acceptors (Lipinski definition) is 3. The number of rotatable bonds is 7. The molecule has 1 aromatic heterocycles. The van der Waals surface area contributed by atoms with Gasteiger partial charge < -0.3 is 15.5 Å². The molecule has 1 aliphatic carbocycles. The summed E-state index contributed by atoms with van der Waals surface area (Å²) in [6.45, 7) is 6.95. The van der Waals surface area contributed by atoms with Gasteiger partial charge in [0, 0.05) is 38.9 Å². The van der Waals surface area contributed by atoms with Crippen molar-refractivity contribution < 1.29 is 0 Å². The van der Waals surface area contributed by atoms with E-state index < -0.39 is 0 Å². The Labute approximate surface area is 147 Å². The summed E-state index contributed by atoms with van der Waals surface area (Å²) in [5.74, 6) is 1.89. The van der Waals surface area contributed by atoms with Crippen LogP contribution in [-0.4, -0.2) is 38.1 Å². The van der Waals surface area contributed by atoms with Gasteiger partial charge in [-0.25, -0.2) is 9.98 Å². The van der Waals surface area contributed by atoms with Gasteiger partial charge in [-0.2, -0.15) is 0 Å². The standard InChI is InChI=1S/C19H33N5/c1-5-19(11-7-8-12-19)15-23-18(20-6-2)22-14-16-10-9-13-21-17(16)24(3)4/h9-10,13H,5-8,11-12,14-15H2,1-4H3,(H2,20,22,23). The molecule has 1 heterocycles. The van der Waals surface area contributed by atoms with Crippen LogP contribution < -0.4 is 15.5 Å². The normalized spacial score (nSPS) is 16.9. The van der Waals surface area contributed by atoms with Gasteiger partial charge in [0.1, 0.15) is 5.82 Å². The fourth-order valence-corrected chi connectivity index (χ4v) is 3.51. The second-order valence-corrected chi connectivity index (χ2v) is 6.99. The highest BCUT2D eigenvalue weighted by molar-refractivity contribution is 5.79. The average molecular weight is 332 g/mol. The molecule has 0 radical (unpaired) electrons. The fourth-order valence-electron chi connectivity index (χ4n) is 3.51. The Morgan fingerprint density at radius 2 is 2.00 bits per heavy atom. The van der Waals surface area contributed by atoms with Gasteiger partial charge in [-0.1, -0.05) is 25.8 Å². The van der Waals surface area contributed by atoms with Gasteiger partial charge in [-0.3, -0.25) is 0 Å². The zero-order valence-electron chi connectivity index (χ0n) is 15.7. The maximum atomic E-state index is 4.78. The molecule has 0 atom stereocenters. The van der Waals surface area contributed by atoms with Crippen molar-refractivity contribution >= 4 is 11.8 Å². The Morgan fingerprint density at radius 3 is 2.62 bits per heavy atom. The summed E-state index contributed by atoms with van der Waals surface area (Å²) in [5.41, 5.74) is 1.60. The number of aliphatic imine (C=N–C) groups is 1. The average Bonchev–Trinajstić information content (AvgIpc) is 3.07. The van der Waals surface area contributed by atoms with Crippen molar-refractivity contribution in [3.05, 3.63) is 23.9 Å². The number of hydrogen-bond donors (Lipinski definition) is 2. The first kappa shape index (κ1) is 18.6. The lowest BCUT2D eigenvalue weighted by atomic mass is 9.83. The third-order valence-corrected chi connectivity index (χ3v) is 5.09. The van der Waals surface area contributed by atoms with Gasteiger partial charge in [-0.05, 0) is 37.7 Å². The van der Waals surface area contributed by atoms with E-state index in [4.69, 9.17) is 4.99 Å². The van der Waals surface area contributed by atoms with Crippen LogP contribution in [0.25, 0.3) is 0 Å². The summed E-state index contributed by atoms with van der Waals surface area (Å²) in [6.07, 6.45) is 8.48. The summed E-state index contributed by atoms with van der Waals surface area (Å²) in [7, 11) is 4.04. The van der Waals surface area contributed by atoms with Crippen LogP contribution in [0.4, 0.5) is 5.82 Å². The van der Waals surface area contributed by atoms with Crippen molar-refractivity contribution in [2.45, 2.75) is 52.5 Å². The van der Waals surface area contributed by atoms with Crippen LogP contribution in [0, 0.1) is 5.41 Å². The Bertz CT molecular complexity index is 532. The van der Waals surface area contributed by atoms with Gasteiger partial charge >= 0.3 is 0 Å². The predicted molar refractivity (Wildman–Crippen MR) is 103 cm³/mol. The highest BCUT2D eigenvalue weighted by Gasteiger charge is 2.31. The Hall–Kier alpha value is -1.78. The first-order chi connectivity index (χ1) is 11.6. The van der Waals surface area contributed by atoms with Crippen LogP contribution in [0.3, 0.4) is 0 Å². The molecule has 0 saturated heterocycles. The van der Waals surface area contributed by atoms with Crippen molar-refractivity contribution in [3.63, 3.8) is 0 Å². The zero-order chi connectivity index (χ0) is 17.4. The van der Waals surface area contributed by atoms with Crippen molar-refractivity contribution in [2.75, 3.05) is 32.1 Å². The number of anilines is 1. The van der Waals surface area contributed by atoms with Crippen LogP contribution in [-0.2, 0) is 6.54 Å². The number of aromatic nitrogens is 1. The molecule has 24 heavy (non-hydrogen) atoms. The lowest BCUT2D eigenvalue weighted by Crippen LogP contribution is -2.42. The second kappa shape index (κ2) is 8.90. The van der Waals surface area contributed by atoms with Gasteiger partial charge in [0.25, 0.3) is 0 Å². The second-order valence-electron chi connectivity index (χ2n) is 6.99. The minimum atomic E-state index is 0.458. The van der Waals surface area contributed by atoms with Gasteiger partial charge in [0.15, 0.2) is 5.96 Å². The van der Waals surface area contributed by atoms with E-state index in [1.165, 1.54) is 32.1 Å². The minimum absolute atomic E-state index is 0.458. The summed E-state index contributed by atoms with van der Waals surface area (Å²) in [6, 6.07) is 4.07. The molecule has 1 aliphatic rings. The molecule has 0 bridgehead atoms. The molecule has 0 unspecified atom stereocenters. The molecule has 0 aromatic carbocycles. The van der Waals surface area contributed by atoms with Gasteiger partial charge in [0.2, 0.25) is 0 Å². The molecular formula is C19H33N5. The topological polar surface area (TPSA) is 52.6 Å².